The molecule has 3 rings (SSSR count). The van der Waals surface area contributed by atoms with Crippen molar-refractivity contribution in [1.29, 1.82) is 0 Å². The third-order valence-electron chi connectivity index (χ3n) is 4.14. The highest BCUT2D eigenvalue weighted by Crippen LogP contribution is 2.32. The van der Waals surface area contributed by atoms with Gasteiger partial charge in [-0.25, -0.2) is 8.42 Å². The molecule has 1 aromatic carbocycles. The number of hydrogen-bond donors (Lipinski definition) is 0. The van der Waals surface area contributed by atoms with E-state index in [-0.39, 0.29) is 24.9 Å². The Balaban J connectivity index is 1.58. The molecule has 0 N–H and O–H groups in total. The first-order valence-electron chi connectivity index (χ1n) is 7.64. The van der Waals surface area contributed by atoms with Gasteiger partial charge in [0.15, 0.2) is 11.5 Å². The number of nitrogens with zero attached hydrogens (tertiary/aromatic N) is 2. The summed E-state index contributed by atoms with van der Waals surface area (Å²) in [5.41, 5.74) is 0.864. The third kappa shape index (κ3) is 3.42. The Morgan fingerprint density at radius 2 is 1.83 bits per heavy atom. The van der Waals surface area contributed by atoms with E-state index in [1.165, 1.54) is 4.31 Å². The van der Waals surface area contributed by atoms with Gasteiger partial charge >= 0.3 is 0 Å². The number of benzene rings is 1. The Kier molecular flexibility index (Phi) is 4.45. The average Bonchev–Trinajstić information content (AvgIpc) is 3.02. The van der Waals surface area contributed by atoms with Gasteiger partial charge in [0.2, 0.25) is 22.7 Å². The van der Waals surface area contributed by atoms with Crippen molar-refractivity contribution in [3.05, 3.63) is 23.8 Å². The first-order chi connectivity index (χ1) is 11.0. The van der Waals surface area contributed by atoms with Crippen molar-refractivity contribution in [2.24, 2.45) is 0 Å². The minimum absolute atomic E-state index is 0.00240. The number of carbonyl (C=O) groups is 1. The van der Waals surface area contributed by atoms with Crippen LogP contribution in [0.5, 0.6) is 11.5 Å². The highest BCUT2D eigenvalue weighted by molar-refractivity contribution is 7.89. The molecule has 1 saturated heterocycles. The van der Waals surface area contributed by atoms with Gasteiger partial charge in [0.25, 0.3) is 0 Å². The van der Waals surface area contributed by atoms with Gasteiger partial charge in [-0.2, -0.15) is 4.31 Å². The zero-order valence-electron chi connectivity index (χ0n) is 13.0. The van der Waals surface area contributed by atoms with Crippen LogP contribution in [0.4, 0.5) is 0 Å². The van der Waals surface area contributed by atoms with E-state index in [1.54, 1.807) is 17.9 Å². The number of fused-ring (bicyclic) bond motifs is 1. The molecule has 2 aliphatic heterocycles. The normalized spacial score (nSPS) is 18.2. The average molecular weight is 340 g/mol. The van der Waals surface area contributed by atoms with Crippen molar-refractivity contribution in [3.8, 4) is 11.5 Å². The number of ether oxygens (including phenoxy) is 2. The zero-order chi connectivity index (χ0) is 16.4. The number of carbonyl (C=O) groups excluding carboxylic acids is 1. The minimum atomic E-state index is -3.17. The molecule has 7 nitrogen and oxygen atoms in total. The molecule has 1 fully saturated rings. The molecule has 0 aliphatic carbocycles. The Hall–Kier alpha value is -1.80. The van der Waals surface area contributed by atoms with Gasteiger partial charge in [0, 0.05) is 26.2 Å². The van der Waals surface area contributed by atoms with Gasteiger partial charge in [0.1, 0.15) is 0 Å². The van der Waals surface area contributed by atoms with Crippen LogP contribution >= 0.6 is 0 Å². The maximum Gasteiger partial charge on any atom is 0.231 e. The Bertz CT molecular complexity index is 696. The number of amides is 1. The molecule has 0 atom stereocenters. The van der Waals surface area contributed by atoms with Crippen molar-refractivity contribution >= 4 is 15.9 Å². The zero-order valence-corrected chi connectivity index (χ0v) is 13.8. The van der Waals surface area contributed by atoms with Crippen LogP contribution < -0.4 is 9.47 Å². The van der Waals surface area contributed by atoms with Gasteiger partial charge in [-0.3, -0.25) is 4.79 Å². The lowest BCUT2D eigenvalue weighted by molar-refractivity contribution is -0.131. The first kappa shape index (κ1) is 16.1. The maximum absolute atomic E-state index is 12.4. The van der Waals surface area contributed by atoms with Gasteiger partial charge in [-0.15, -0.1) is 0 Å². The summed E-state index contributed by atoms with van der Waals surface area (Å²) in [6.07, 6.45) is 0.275. The molecule has 8 heteroatoms. The molecule has 1 aromatic rings. The molecule has 0 saturated carbocycles. The monoisotopic (exact) mass is 340 g/mol. The fourth-order valence-electron chi connectivity index (χ4n) is 2.74. The second-order valence-corrected chi connectivity index (χ2v) is 7.80. The molecule has 0 radical (unpaired) electrons. The van der Waals surface area contributed by atoms with Crippen LogP contribution in [0.15, 0.2) is 18.2 Å². The van der Waals surface area contributed by atoms with Crippen LogP contribution in [-0.4, -0.2) is 62.3 Å². The molecule has 126 valence electrons. The molecule has 0 spiro atoms. The Morgan fingerprint density at radius 1 is 1.13 bits per heavy atom. The van der Waals surface area contributed by atoms with E-state index in [2.05, 4.69) is 0 Å². The van der Waals surface area contributed by atoms with Gasteiger partial charge in [0.05, 0.1) is 12.2 Å². The number of piperazine rings is 1. The number of rotatable bonds is 4. The first-order valence-corrected chi connectivity index (χ1v) is 9.24. The molecule has 0 aromatic heterocycles. The molecule has 2 heterocycles. The summed E-state index contributed by atoms with van der Waals surface area (Å²) in [4.78, 5) is 14.1. The summed E-state index contributed by atoms with van der Waals surface area (Å²) in [5.74, 6) is 1.45. The minimum Gasteiger partial charge on any atom is -0.454 e. The van der Waals surface area contributed by atoms with Gasteiger partial charge in [-0.05, 0) is 24.6 Å². The molecule has 2 aliphatic rings. The van der Waals surface area contributed by atoms with Crippen LogP contribution in [0.3, 0.4) is 0 Å². The standard InChI is InChI=1S/C15H20N2O5S/c1-2-23(19,20)17-7-5-16(6-8-17)15(18)10-12-3-4-13-14(9-12)22-11-21-13/h3-4,9H,2,5-8,10-11H2,1H3. The quantitative estimate of drug-likeness (QED) is 0.795. The lowest BCUT2D eigenvalue weighted by Crippen LogP contribution is -2.51. The topological polar surface area (TPSA) is 76.2 Å². The van der Waals surface area contributed by atoms with E-state index >= 15 is 0 Å². The molecular weight excluding hydrogens is 320 g/mol. The fourth-order valence-corrected chi connectivity index (χ4v) is 3.82. The summed E-state index contributed by atoms with van der Waals surface area (Å²) in [5, 5.41) is 0. The van der Waals surface area contributed by atoms with Gasteiger partial charge < -0.3 is 14.4 Å². The lowest BCUT2D eigenvalue weighted by atomic mass is 10.1. The van der Waals surface area contributed by atoms with Crippen LogP contribution in [0.25, 0.3) is 0 Å². The van der Waals surface area contributed by atoms with E-state index in [1.807, 2.05) is 12.1 Å². The van der Waals surface area contributed by atoms with Crippen molar-refractivity contribution in [1.82, 2.24) is 9.21 Å². The largest absolute Gasteiger partial charge is 0.454 e. The summed E-state index contributed by atoms with van der Waals surface area (Å²) >= 11 is 0. The highest BCUT2D eigenvalue weighted by atomic mass is 32.2. The third-order valence-corrected chi connectivity index (χ3v) is 6.02. The van der Waals surface area contributed by atoms with Crippen molar-refractivity contribution in [3.63, 3.8) is 0 Å². The van der Waals surface area contributed by atoms with Crippen LogP contribution in [0.1, 0.15) is 12.5 Å². The van der Waals surface area contributed by atoms with E-state index in [0.717, 1.165) is 5.56 Å². The van der Waals surface area contributed by atoms with Crippen LogP contribution in [0.2, 0.25) is 0 Å². The SMILES string of the molecule is CCS(=O)(=O)N1CCN(C(=O)Cc2ccc3c(c2)OCO3)CC1. The van der Waals surface area contributed by atoms with Gasteiger partial charge in [-0.1, -0.05) is 6.07 Å². The molecular formula is C15H20N2O5S. The number of sulfonamides is 1. The Labute approximate surface area is 135 Å². The molecule has 23 heavy (non-hydrogen) atoms. The van der Waals surface area contributed by atoms with Crippen molar-refractivity contribution in [2.45, 2.75) is 13.3 Å². The van der Waals surface area contributed by atoms with Crippen LogP contribution in [-0.2, 0) is 21.2 Å². The fraction of sp³-hybridized carbons (Fsp3) is 0.533. The Morgan fingerprint density at radius 3 is 2.52 bits per heavy atom. The summed E-state index contributed by atoms with van der Waals surface area (Å²) in [6.45, 7) is 3.43. The molecule has 0 bridgehead atoms. The smallest absolute Gasteiger partial charge is 0.231 e. The second-order valence-electron chi connectivity index (χ2n) is 5.54. The van der Waals surface area contributed by atoms with E-state index < -0.39 is 10.0 Å². The predicted molar refractivity (Wildman–Crippen MR) is 83.9 cm³/mol. The summed E-state index contributed by atoms with van der Waals surface area (Å²) in [6, 6.07) is 5.47. The predicted octanol–water partition coefficient (Wildman–Crippen LogP) is 0.452. The molecule has 0 unspecified atom stereocenters. The van der Waals surface area contributed by atoms with Crippen LogP contribution in [0, 0.1) is 0 Å². The lowest BCUT2D eigenvalue weighted by Gasteiger charge is -2.33. The van der Waals surface area contributed by atoms with E-state index in [9.17, 15) is 13.2 Å². The maximum atomic E-state index is 12.4. The molecule has 1 amide bonds. The van der Waals surface area contributed by atoms with Crippen molar-refractivity contribution in [2.75, 3.05) is 38.7 Å². The number of hydrogen-bond acceptors (Lipinski definition) is 5. The van der Waals surface area contributed by atoms with Crippen molar-refractivity contribution < 1.29 is 22.7 Å². The summed E-state index contributed by atoms with van der Waals surface area (Å²) in [7, 11) is -3.17. The highest BCUT2D eigenvalue weighted by Gasteiger charge is 2.27. The van der Waals surface area contributed by atoms with E-state index in [0.29, 0.717) is 37.7 Å². The summed E-state index contributed by atoms with van der Waals surface area (Å²) < 4.78 is 35.7. The second kappa shape index (κ2) is 6.37. The van der Waals surface area contributed by atoms with E-state index in [4.69, 9.17) is 9.47 Å².